The van der Waals surface area contributed by atoms with Crippen LogP contribution >= 0.6 is 11.6 Å². The van der Waals surface area contributed by atoms with Gasteiger partial charge < -0.3 is 30.3 Å². The molecule has 0 saturated carbocycles. The summed E-state index contributed by atoms with van der Waals surface area (Å²) in [5.41, 5.74) is 5.49. The second-order valence-electron chi connectivity index (χ2n) is 12.0. The smallest absolute Gasteiger partial charge is 0.286 e. The third-order valence-electron chi connectivity index (χ3n) is 8.79. The van der Waals surface area contributed by atoms with E-state index in [1.54, 1.807) is 20.0 Å². The summed E-state index contributed by atoms with van der Waals surface area (Å²) in [5.74, 6) is -1.26. The topological polar surface area (TPSA) is 165 Å². The minimum absolute atomic E-state index is 0.0893. The quantitative estimate of drug-likeness (QED) is 0.115. The van der Waals surface area contributed by atoms with Gasteiger partial charge in [0.2, 0.25) is 5.91 Å². The van der Waals surface area contributed by atoms with Gasteiger partial charge in [0.25, 0.3) is 18.2 Å². The number of hydrazine groups is 1. The number of aryl methyl sites for hydroxylation is 1. The summed E-state index contributed by atoms with van der Waals surface area (Å²) >= 11 is 6.22. The molecule has 52 heavy (non-hydrogen) atoms. The van der Waals surface area contributed by atoms with Crippen LogP contribution in [0.5, 0.6) is 11.5 Å². The van der Waals surface area contributed by atoms with Crippen LogP contribution in [0.15, 0.2) is 59.1 Å². The molecule has 1 fully saturated rings. The molecule has 1 atom stereocenters. The molecule has 0 spiro atoms. The second kappa shape index (κ2) is 16.8. The Bertz CT molecular complexity index is 1860. The van der Waals surface area contributed by atoms with Gasteiger partial charge in [0, 0.05) is 50.9 Å². The molecule has 3 aromatic rings. The number of aromatic hydroxyl groups is 1. The first-order chi connectivity index (χ1) is 24.9. The Morgan fingerprint density at radius 3 is 2.46 bits per heavy atom. The Kier molecular flexibility index (Phi) is 12.2. The van der Waals surface area contributed by atoms with E-state index in [1.165, 1.54) is 17.3 Å². The van der Waals surface area contributed by atoms with Crippen molar-refractivity contribution >= 4 is 41.7 Å². The number of anilines is 1. The minimum Gasteiger partial charge on any atom is -0.504 e. The van der Waals surface area contributed by atoms with Crippen LogP contribution in [-0.4, -0.2) is 101 Å². The van der Waals surface area contributed by atoms with E-state index in [0.717, 1.165) is 28.5 Å². The van der Waals surface area contributed by atoms with E-state index in [-0.39, 0.29) is 65.3 Å². The Morgan fingerprint density at radius 1 is 1.10 bits per heavy atom. The van der Waals surface area contributed by atoms with Crippen LogP contribution in [0, 0.1) is 6.92 Å². The van der Waals surface area contributed by atoms with Gasteiger partial charge in [-0.05, 0) is 55.5 Å². The summed E-state index contributed by atoms with van der Waals surface area (Å²) in [6.07, 6.45) is -1.28. The van der Waals surface area contributed by atoms with Gasteiger partial charge in [-0.1, -0.05) is 30.7 Å². The van der Waals surface area contributed by atoms with Gasteiger partial charge in [0.05, 0.1) is 23.0 Å². The summed E-state index contributed by atoms with van der Waals surface area (Å²) in [4.78, 5) is 57.0. The third kappa shape index (κ3) is 8.40. The Balaban J connectivity index is 1.42. The number of carbonyl (C=O) groups excluding carboxylic acids is 3. The highest BCUT2D eigenvalue weighted by atomic mass is 35.5. The minimum atomic E-state index is -2.75. The third-order valence-corrected chi connectivity index (χ3v) is 9.10. The molecule has 2 aliphatic rings. The number of halogens is 3. The van der Waals surface area contributed by atoms with Gasteiger partial charge >= 0.3 is 0 Å². The van der Waals surface area contributed by atoms with E-state index < -0.39 is 36.9 Å². The van der Waals surface area contributed by atoms with Crippen LogP contribution in [0.4, 0.5) is 14.5 Å². The number of nitrogens with one attached hydrogen (secondary N) is 3. The lowest BCUT2D eigenvalue weighted by molar-refractivity contribution is -0.137. The number of fused-ring (bicyclic) bond motifs is 1. The van der Waals surface area contributed by atoms with Crippen molar-refractivity contribution in [3.8, 4) is 11.5 Å². The predicted molar refractivity (Wildman–Crippen MR) is 190 cm³/mol. The molecule has 3 amide bonds. The SMILES string of the molecule is C=NC(NN(CC(=O)Nc1ccc(C(F)F)cc1Cl)C(=O)/C(=C(/CC)NC)N1CCN(C(=O)c2ncnc(C)c2O)CC1)c1ccc2c(c1)CCO2. The van der Waals surface area contributed by atoms with E-state index in [4.69, 9.17) is 16.3 Å². The normalized spacial score (nSPS) is 15.0. The largest absolute Gasteiger partial charge is 0.504 e. The van der Waals surface area contributed by atoms with E-state index in [1.807, 2.05) is 24.0 Å². The summed E-state index contributed by atoms with van der Waals surface area (Å²) in [6, 6.07) is 8.99. The number of ether oxygens (including phenoxy) is 1. The zero-order valence-electron chi connectivity index (χ0n) is 29.0. The molecule has 0 aliphatic carbocycles. The predicted octanol–water partition coefficient (Wildman–Crippen LogP) is 3.99. The van der Waals surface area contributed by atoms with Crippen LogP contribution in [0.1, 0.15) is 58.8 Å². The molecule has 2 aromatic carbocycles. The van der Waals surface area contributed by atoms with Gasteiger partial charge in [-0.3, -0.25) is 24.4 Å². The molecule has 0 bridgehead atoms. The van der Waals surface area contributed by atoms with Crippen molar-refractivity contribution < 1.29 is 33.0 Å². The summed E-state index contributed by atoms with van der Waals surface area (Å²) in [6.45, 7) is 8.05. The van der Waals surface area contributed by atoms with Crippen LogP contribution in [0.3, 0.4) is 0 Å². The molecule has 0 radical (unpaired) electrons. The molecule has 1 unspecified atom stereocenters. The second-order valence-corrected chi connectivity index (χ2v) is 12.4. The number of nitrogens with zero attached hydrogens (tertiary/aromatic N) is 6. The molecule has 17 heteroatoms. The molecule has 2 aliphatic heterocycles. The maximum atomic E-state index is 14.7. The molecule has 1 aromatic heterocycles. The van der Waals surface area contributed by atoms with Crippen LogP contribution in [0.25, 0.3) is 0 Å². The zero-order valence-corrected chi connectivity index (χ0v) is 29.7. The fourth-order valence-corrected chi connectivity index (χ4v) is 6.21. The lowest BCUT2D eigenvalue weighted by Gasteiger charge is -2.39. The molecular formula is C35H40ClF2N9O5. The lowest BCUT2D eigenvalue weighted by Crippen LogP contribution is -2.54. The maximum absolute atomic E-state index is 14.7. The van der Waals surface area contributed by atoms with Gasteiger partial charge in [0.15, 0.2) is 11.4 Å². The summed E-state index contributed by atoms with van der Waals surface area (Å²) in [5, 5.41) is 17.1. The standard InChI is InChI=1S/C35H40ClF2N9O5/c1-5-25(39-3)30(45-11-13-46(14-12-45)34(50)29-31(49)20(2)41-19-42-29)35(51)47(18-28(48)43-26-8-6-22(32(37)38)17-24(26)36)44-33(40-4)23-7-9-27-21(16-23)10-15-52-27/h6-9,16-17,19,32-33,39,44,49H,4-5,10-15,18H2,1-3H3,(H,43,48)/b30-25+. The van der Waals surface area contributed by atoms with E-state index in [2.05, 4.69) is 37.7 Å². The lowest BCUT2D eigenvalue weighted by atomic mass is 10.1. The number of hydrogen-bond donors (Lipinski definition) is 4. The number of alkyl halides is 2. The number of hydrogen-bond acceptors (Lipinski definition) is 11. The van der Waals surface area contributed by atoms with Crippen molar-refractivity contribution in [1.29, 1.82) is 0 Å². The Labute approximate surface area is 304 Å². The number of benzene rings is 2. The fraction of sp³-hybridized carbons (Fsp3) is 0.371. The molecule has 4 N–H and O–H groups in total. The first-order valence-electron chi connectivity index (χ1n) is 16.6. The van der Waals surface area contributed by atoms with Crippen LogP contribution < -0.4 is 20.8 Å². The average molecular weight is 740 g/mol. The molecule has 14 nitrogen and oxygen atoms in total. The van der Waals surface area contributed by atoms with E-state index >= 15 is 0 Å². The highest BCUT2D eigenvalue weighted by Gasteiger charge is 2.33. The summed E-state index contributed by atoms with van der Waals surface area (Å²) in [7, 11) is 1.68. The number of piperazine rings is 1. The van der Waals surface area contributed by atoms with Crippen LogP contribution in [-0.2, 0) is 16.0 Å². The monoisotopic (exact) mass is 739 g/mol. The zero-order chi connectivity index (χ0) is 37.5. The maximum Gasteiger partial charge on any atom is 0.286 e. The van der Waals surface area contributed by atoms with Crippen molar-refractivity contribution in [3.63, 3.8) is 0 Å². The van der Waals surface area contributed by atoms with E-state index in [0.29, 0.717) is 30.7 Å². The number of amides is 3. The van der Waals surface area contributed by atoms with E-state index in [9.17, 15) is 28.3 Å². The fourth-order valence-electron chi connectivity index (χ4n) is 5.97. The van der Waals surface area contributed by atoms with Gasteiger partial charge in [0.1, 0.15) is 30.5 Å². The van der Waals surface area contributed by atoms with Gasteiger partial charge in [-0.2, -0.15) is 0 Å². The highest BCUT2D eigenvalue weighted by molar-refractivity contribution is 6.33. The van der Waals surface area contributed by atoms with Crippen molar-refractivity contribution in [2.75, 3.05) is 51.7 Å². The number of aromatic nitrogens is 2. The first-order valence-corrected chi connectivity index (χ1v) is 17.0. The van der Waals surface area contributed by atoms with Crippen molar-refractivity contribution in [1.82, 2.24) is 35.5 Å². The van der Waals surface area contributed by atoms with Gasteiger partial charge in [-0.15, -0.1) is 0 Å². The molecule has 276 valence electrons. The number of allylic oxidation sites excluding steroid dienone is 1. The number of carbonyl (C=O) groups is 3. The first kappa shape index (κ1) is 37.9. The molecule has 5 rings (SSSR count). The Morgan fingerprint density at radius 2 is 1.81 bits per heavy atom. The number of aliphatic imine (C=N–C) groups is 1. The molecule has 1 saturated heterocycles. The number of rotatable bonds is 13. The Hall–Kier alpha value is -5.35. The molecular weight excluding hydrogens is 700 g/mol. The van der Waals surface area contributed by atoms with Crippen molar-refractivity contribution in [3.05, 3.63) is 87.2 Å². The van der Waals surface area contributed by atoms with Crippen molar-refractivity contribution in [2.45, 2.75) is 39.3 Å². The van der Waals surface area contributed by atoms with Gasteiger partial charge in [-0.25, -0.2) is 24.2 Å². The summed E-state index contributed by atoms with van der Waals surface area (Å²) < 4.78 is 32.1. The molecule has 3 heterocycles. The highest BCUT2D eigenvalue weighted by Crippen LogP contribution is 2.30. The average Bonchev–Trinajstić information content (AvgIpc) is 3.62. The van der Waals surface area contributed by atoms with Crippen molar-refractivity contribution in [2.24, 2.45) is 4.99 Å². The van der Waals surface area contributed by atoms with Crippen LogP contribution in [0.2, 0.25) is 5.02 Å².